The van der Waals surface area contributed by atoms with Crippen LogP contribution in [0.2, 0.25) is 0 Å². The SMILES string of the molecule is CCCc1nc(C)c(C(=O)NCCNCC)s1.Cl.Cl. The van der Waals surface area contributed by atoms with Crippen LogP contribution in [-0.4, -0.2) is 30.5 Å². The maximum Gasteiger partial charge on any atom is 0.263 e. The molecule has 0 saturated heterocycles. The predicted octanol–water partition coefficient (Wildman–Crippen LogP) is 2.59. The molecule has 1 heterocycles. The standard InChI is InChI=1S/C12H21N3OS.2ClH/c1-4-6-10-15-9(3)11(17-10)12(16)14-8-7-13-5-2;;/h13H,4-8H2,1-3H3,(H,14,16);2*1H. The smallest absolute Gasteiger partial charge is 0.263 e. The molecule has 0 unspecified atom stereocenters. The molecular formula is C12H23Cl2N3OS. The summed E-state index contributed by atoms with van der Waals surface area (Å²) in [4.78, 5) is 17.0. The van der Waals surface area contributed by atoms with E-state index in [1.54, 1.807) is 0 Å². The van der Waals surface area contributed by atoms with Gasteiger partial charge in [-0.15, -0.1) is 36.2 Å². The van der Waals surface area contributed by atoms with Crippen LogP contribution in [0.5, 0.6) is 0 Å². The van der Waals surface area contributed by atoms with E-state index in [9.17, 15) is 4.79 Å². The van der Waals surface area contributed by atoms with Crippen molar-refractivity contribution in [2.75, 3.05) is 19.6 Å². The first-order chi connectivity index (χ1) is 8.19. The van der Waals surface area contributed by atoms with E-state index < -0.39 is 0 Å². The van der Waals surface area contributed by atoms with Gasteiger partial charge in [-0.05, 0) is 26.3 Å². The van der Waals surface area contributed by atoms with Crippen LogP contribution in [0.25, 0.3) is 0 Å². The van der Waals surface area contributed by atoms with Crippen LogP contribution in [0.15, 0.2) is 0 Å². The number of amides is 1. The van der Waals surface area contributed by atoms with Crippen LogP contribution in [0, 0.1) is 6.92 Å². The molecule has 0 bridgehead atoms. The third-order valence-corrected chi connectivity index (χ3v) is 3.56. The highest BCUT2D eigenvalue weighted by Gasteiger charge is 2.14. The first-order valence-electron chi connectivity index (χ1n) is 6.14. The monoisotopic (exact) mass is 327 g/mol. The molecule has 0 aliphatic rings. The van der Waals surface area contributed by atoms with E-state index in [1.165, 1.54) is 11.3 Å². The van der Waals surface area contributed by atoms with E-state index in [4.69, 9.17) is 0 Å². The van der Waals surface area contributed by atoms with Gasteiger partial charge < -0.3 is 10.6 Å². The highest BCUT2D eigenvalue weighted by Crippen LogP contribution is 2.18. The zero-order valence-corrected chi connectivity index (χ0v) is 14.1. The lowest BCUT2D eigenvalue weighted by Gasteiger charge is -2.03. The van der Waals surface area contributed by atoms with E-state index >= 15 is 0 Å². The van der Waals surface area contributed by atoms with E-state index in [2.05, 4.69) is 22.5 Å². The molecule has 2 N–H and O–H groups in total. The lowest BCUT2D eigenvalue weighted by Crippen LogP contribution is -2.31. The molecule has 0 spiro atoms. The highest BCUT2D eigenvalue weighted by atomic mass is 35.5. The van der Waals surface area contributed by atoms with Gasteiger partial charge in [0.2, 0.25) is 0 Å². The van der Waals surface area contributed by atoms with Gasteiger partial charge in [0.1, 0.15) is 4.88 Å². The van der Waals surface area contributed by atoms with Gasteiger partial charge >= 0.3 is 0 Å². The Morgan fingerprint density at radius 2 is 1.95 bits per heavy atom. The fourth-order valence-electron chi connectivity index (χ4n) is 1.51. The van der Waals surface area contributed by atoms with Crippen molar-refractivity contribution in [1.82, 2.24) is 15.6 Å². The summed E-state index contributed by atoms with van der Waals surface area (Å²) < 4.78 is 0. The number of aromatic nitrogens is 1. The number of aryl methyl sites for hydroxylation is 2. The van der Waals surface area contributed by atoms with Crippen molar-refractivity contribution < 1.29 is 4.79 Å². The first kappa shape index (κ1) is 20.9. The molecule has 1 rings (SSSR count). The molecule has 4 nitrogen and oxygen atoms in total. The normalized spacial score (nSPS) is 9.42. The minimum Gasteiger partial charge on any atom is -0.350 e. The summed E-state index contributed by atoms with van der Waals surface area (Å²) in [7, 11) is 0. The molecule has 1 amide bonds. The van der Waals surface area contributed by atoms with Crippen molar-refractivity contribution in [3.05, 3.63) is 15.6 Å². The second kappa shape index (κ2) is 11.5. The summed E-state index contributed by atoms with van der Waals surface area (Å²) in [6.07, 6.45) is 2.02. The molecular weight excluding hydrogens is 305 g/mol. The molecule has 7 heteroatoms. The van der Waals surface area contributed by atoms with Crippen molar-refractivity contribution in [2.24, 2.45) is 0 Å². The topological polar surface area (TPSA) is 54.0 Å². The number of halogens is 2. The zero-order chi connectivity index (χ0) is 12.7. The summed E-state index contributed by atoms with van der Waals surface area (Å²) in [5, 5.41) is 7.12. The average Bonchev–Trinajstić information content (AvgIpc) is 2.66. The van der Waals surface area contributed by atoms with E-state index in [-0.39, 0.29) is 30.7 Å². The Bertz CT molecular complexity index is 372. The molecule has 0 aromatic carbocycles. The van der Waals surface area contributed by atoms with Gasteiger partial charge in [0.05, 0.1) is 10.7 Å². The molecule has 1 aromatic rings. The van der Waals surface area contributed by atoms with Gasteiger partial charge in [-0.25, -0.2) is 4.98 Å². The maximum absolute atomic E-state index is 11.9. The van der Waals surface area contributed by atoms with E-state index in [0.29, 0.717) is 6.54 Å². The summed E-state index contributed by atoms with van der Waals surface area (Å²) in [6, 6.07) is 0. The van der Waals surface area contributed by atoms with Gasteiger partial charge in [0.15, 0.2) is 0 Å². The van der Waals surface area contributed by atoms with Crippen LogP contribution >= 0.6 is 36.2 Å². The maximum atomic E-state index is 11.9. The number of nitrogens with one attached hydrogen (secondary N) is 2. The van der Waals surface area contributed by atoms with Crippen LogP contribution in [0.1, 0.15) is 40.6 Å². The number of carbonyl (C=O) groups is 1. The quantitative estimate of drug-likeness (QED) is 0.757. The van der Waals surface area contributed by atoms with E-state index in [1.807, 2.05) is 13.8 Å². The highest BCUT2D eigenvalue weighted by molar-refractivity contribution is 7.13. The number of nitrogens with zero attached hydrogens (tertiary/aromatic N) is 1. The largest absolute Gasteiger partial charge is 0.350 e. The Kier molecular flexibility index (Phi) is 12.6. The number of hydrogen-bond donors (Lipinski definition) is 2. The second-order valence-corrected chi connectivity index (χ2v) is 4.97. The molecule has 1 aromatic heterocycles. The van der Waals surface area contributed by atoms with Crippen molar-refractivity contribution in [3.8, 4) is 0 Å². The fraction of sp³-hybridized carbons (Fsp3) is 0.667. The minimum atomic E-state index is 0. The molecule has 112 valence electrons. The van der Waals surface area contributed by atoms with Crippen LogP contribution < -0.4 is 10.6 Å². The summed E-state index contributed by atoms with van der Waals surface area (Å²) in [6.45, 7) is 8.46. The molecule has 0 atom stereocenters. The predicted molar refractivity (Wildman–Crippen MR) is 86.2 cm³/mol. The van der Waals surface area contributed by atoms with Crippen molar-refractivity contribution >= 4 is 42.1 Å². The first-order valence-corrected chi connectivity index (χ1v) is 6.95. The number of hydrogen-bond acceptors (Lipinski definition) is 4. The molecule has 0 aliphatic heterocycles. The Morgan fingerprint density at radius 1 is 1.26 bits per heavy atom. The average molecular weight is 328 g/mol. The summed E-state index contributed by atoms with van der Waals surface area (Å²) in [5.74, 6) is 0.000237. The number of thiazole rings is 1. The Balaban J connectivity index is 0. The van der Waals surface area contributed by atoms with Gasteiger partial charge in [0.25, 0.3) is 5.91 Å². The second-order valence-electron chi connectivity index (χ2n) is 3.88. The summed E-state index contributed by atoms with van der Waals surface area (Å²) >= 11 is 1.51. The lowest BCUT2D eigenvalue weighted by molar-refractivity contribution is 0.0957. The Morgan fingerprint density at radius 3 is 2.53 bits per heavy atom. The Labute approximate surface area is 131 Å². The van der Waals surface area contributed by atoms with Gasteiger partial charge in [-0.2, -0.15) is 0 Å². The van der Waals surface area contributed by atoms with Crippen LogP contribution in [-0.2, 0) is 6.42 Å². The molecule has 0 radical (unpaired) electrons. The molecule has 0 aliphatic carbocycles. The van der Waals surface area contributed by atoms with Gasteiger partial charge in [-0.3, -0.25) is 4.79 Å². The summed E-state index contributed by atoms with van der Waals surface area (Å²) in [5.41, 5.74) is 0.847. The van der Waals surface area contributed by atoms with E-state index in [0.717, 1.165) is 41.5 Å². The molecule has 0 fully saturated rings. The minimum absolute atomic E-state index is 0. The number of likely N-dealkylation sites (N-methyl/N-ethyl adjacent to an activating group) is 1. The fourth-order valence-corrected chi connectivity index (χ4v) is 2.59. The van der Waals surface area contributed by atoms with Crippen molar-refractivity contribution in [1.29, 1.82) is 0 Å². The third kappa shape index (κ3) is 7.11. The van der Waals surface area contributed by atoms with Crippen molar-refractivity contribution in [2.45, 2.75) is 33.6 Å². The Hall–Kier alpha value is -0.360. The lowest BCUT2D eigenvalue weighted by atomic mass is 10.3. The number of rotatable bonds is 7. The zero-order valence-electron chi connectivity index (χ0n) is 11.6. The van der Waals surface area contributed by atoms with Crippen LogP contribution in [0.3, 0.4) is 0 Å². The van der Waals surface area contributed by atoms with Gasteiger partial charge in [0, 0.05) is 13.1 Å². The number of carbonyl (C=O) groups excluding carboxylic acids is 1. The van der Waals surface area contributed by atoms with Gasteiger partial charge in [-0.1, -0.05) is 13.8 Å². The molecule has 19 heavy (non-hydrogen) atoms. The van der Waals surface area contributed by atoms with Crippen LogP contribution in [0.4, 0.5) is 0 Å². The van der Waals surface area contributed by atoms with Crippen molar-refractivity contribution in [3.63, 3.8) is 0 Å². The molecule has 0 saturated carbocycles. The third-order valence-electron chi connectivity index (χ3n) is 2.35.